The third-order valence-corrected chi connectivity index (χ3v) is 7.06. The number of benzene rings is 2. The Morgan fingerprint density at radius 3 is 2.34 bits per heavy atom. The number of piperidine rings is 1. The smallest absolute Gasteiger partial charge is 0.410 e. The molecule has 3 aromatic rings. The van der Waals surface area contributed by atoms with Gasteiger partial charge in [-0.25, -0.2) is 14.6 Å². The quantitative estimate of drug-likeness (QED) is 0.183. The van der Waals surface area contributed by atoms with E-state index in [1.165, 1.54) is 0 Å². The number of rotatable bonds is 7. The van der Waals surface area contributed by atoms with Crippen LogP contribution < -0.4 is 20.7 Å². The van der Waals surface area contributed by atoms with E-state index in [1.54, 1.807) is 35.4 Å². The monoisotopic (exact) mass is 671 g/mol. The van der Waals surface area contributed by atoms with Gasteiger partial charge in [-0.15, -0.1) is 0 Å². The molecule has 216 valence electrons. The third-order valence-electron chi connectivity index (χ3n) is 6.24. The van der Waals surface area contributed by atoms with Gasteiger partial charge in [0.25, 0.3) is 0 Å². The van der Waals surface area contributed by atoms with Crippen molar-refractivity contribution in [2.24, 2.45) is 5.92 Å². The minimum absolute atomic E-state index is 0.144. The number of hydrogen-bond acceptors (Lipinski definition) is 6. The lowest BCUT2D eigenvalue weighted by molar-refractivity contribution is -0.121. The molecule has 0 radical (unpaired) electrons. The molecule has 1 aliphatic rings. The Morgan fingerprint density at radius 1 is 0.951 bits per heavy atom. The van der Waals surface area contributed by atoms with Crippen LogP contribution in [0.1, 0.15) is 39.2 Å². The summed E-state index contributed by atoms with van der Waals surface area (Å²) in [6.45, 7) is 6.42. The molecule has 2 heterocycles. The fraction of sp³-hybridized carbons (Fsp3) is 0.333. The summed E-state index contributed by atoms with van der Waals surface area (Å²) < 4.78 is 12.1. The summed E-state index contributed by atoms with van der Waals surface area (Å²) in [5.41, 5.74) is 1.72. The number of likely N-dealkylation sites (tertiary alicyclic amines) is 1. The molecule has 3 N–H and O–H groups in total. The molecule has 11 heteroatoms. The molecule has 0 saturated carbocycles. The molecule has 0 spiro atoms. The van der Waals surface area contributed by atoms with Gasteiger partial charge in [0.1, 0.15) is 22.9 Å². The van der Waals surface area contributed by atoms with Gasteiger partial charge in [0, 0.05) is 47.1 Å². The van der Waals surface area contributed by atoms with E-state index < -0.39 is 5.60 Å². The second-order valence-corrected chi connectivity index (χ2v) is 11.4. The van der Waals surface area contributed by atoms with Crippen molar-refractivity contribution < 1.29 is 23.9 Å². The van der Waals surface area contributed by atoms with Gasteiger partial charge in [-0.3, -0.25) is 4.79 Å². The number of ether oxygens (including phenoxy) is 2. The summed E-state index contributed by atoms with van der Waals surface area (Å²) in [7, 11) is 0. The molecule has 1 fully saturated rings. The molecule has 2 aromatic carbocycles. The molecule has 0 unspecified atom stereocenters. The maximum absolute atomic E-state index is 12.9. The highest BCUT2D eigenvalue weighted by Crippen LogP contribution is 2.29. The Labute approximate surface area is 253 Å². The Bertz CT molecular complexity index is 1370. The minimum Gasteiger partial charge on any atom is -0.457 e. The van der Waals surface area contributed by atoms with Gasteiger partial charge >= 0.3 is 12.1 Å². The number of anilines is 3. The van der Waals surface area contributed by atoms with E-state index >= 15 is 0 Å². The van der Waals surface area contributed by atoms with Crippen molar-refractivity contribution in [3.8, 4) is 11.5 Å². The van der Waals surface area contributed by atoms with E-state index in [1.807, 2.05) is 57.2 Å². The largest absolute Gasteiger partial charge is 0.457 e. The summed E-state index contributed by atoms with van der Waals surface area (Å²) in [4.78, 5) is 43.5. The lowest BCUT2D eigenvalue weighted by Crippen LogP contribution is -2.43. The summed E-state index contributed by atoms with van der Waals surface area (Å²) in [5, 5.41) is 8.57. The van der Waals surface area contributed by atoms with Crippen molar-refractivity contribution in [1.82, 2.24) is 9.88 Å². The van der Waals surface area contributed by atoms with Crippen LogP contribution in [0, 0.1) is 5.92 Å². The molecular formula is C30H34IN5O5. The maximum atomic E-state index is 12.9. The lowest BCUT2D eigenvalue weighted by atomic mass is 9.96. The number of alkyl halides is 1. The second kappa shape index (κ2) is 13.7. The van der Waals surface area contributed by atoms with Gasteiger partial charge in [-0.1, -0.05) is 40.8 Å². The van der Waals surface area contributed by atoms with Crippen molar-refractivity contribution >= 4 is 57.8 Å². The van der Waals surface area contributed by atoms with Gasteiger partial charge < -0.3 is 30.3 Å². The number of para-hydroxylation sites is 1. The normalized spacial score (nSPS) is 13.7. The zero-order chi connectivity index (χ0) is 29.4. The van der Waals surface area contributed by atoms with Gasteiger partial charge in [0.05, 0.1) is 0 Å². The summed E-state index contributed by atoms with van der Waals surface area (Å²) in [6.07, 6.45) is 2.31. The first-order chi connectivity index (χ1) is 19.6. The van der Waals surface area contributed by atoms with Gasteiger partial charge in [0.2, 0.25) is 5.91 Å². The molecule has 10 nitrogen and oxygen atoms in total. The van der Waals surface area contributed by atoms with Crippen LogP contribution in [0.25, 0.3) is 0 Å². The number of pyridine rings is 1. The van der Waals surface area contributed by atoms with Crippen molar-refractivity contribution in [3.05, 3.63) is 72.4 Å². The maximum Gasteiger partial charge on any atom is 0.410 e. The molecule has 4 amide bonds. The fourth-order valence-corrected chi connectivity index (χ4v) is 4.86. The zero-order valence-corrected chi connectivity index (χ0v) is 25.4. The number of nitrogens with zero attached hydrogens (tertiary/aromatic N) is 2. The zero-order valence-electron chi connectivity index (χ0n) is 23.3. The molecule has 1 saturated heterocycles. The number of nitrogens with one attached hydrogen (secondary N) is 3. The molecular weight excluding hydrogens is 637 g/mol. The van der Waals surface area contributed by atoms with Crippen molar-refractivity contribution in [3.63, 3.8) is 0 Å². The van der Waals surface area contributed by atoms with Crippen LogP contribution in [-0.4, -0.2) is 46.6 Å². The van der Waals surface area contributed by atoms with Crippen LogP contribution >= 0.6 is 22.6 Å². The van der Waals surface area contributed by atoms with Crippen molar-refractivity contribution in [1.29, 1.82) is 0 Å². The number of halogens is 1. The van der Waals surface area contributed by atoms with Gasteiger partial charge in [-0.05, 0) is 75.6 Å². The predicted octanol–water partition coefficient (Wildman–Crippen LogP) is 7.04. The van der Waals surface area contributed by atoms with E-state index in [2.05, 4.69) is 43.5 Å². The predicted molar refractivity (Wildman–Crippen MR) is 167 cm³/mol. The molecule has 4 rings (SSSR count). The van der Waals surface area contributed by atoms with Crippen molar-refractivity contribution in [2.45, 2.75) is 43.6 Å². The Hall–Kier alpha value is -3.87. The molecule has 0 aliphatic carbocycles. The molecule has 41 heavy (non-hydrogen) atoms. The topological polar surface area (TPSA) is 122 Å². The van der Waals surface area contributed by atoms with E-state index in [9.17, 15) is 14.4 Å². The van der Waals surface area contributed by atoms with Crippen LogP contribution in [0.3, 0.4) is 0 Å². The Morgan fingerprint density at radius 2 is 1.66 bits per heavy atom. The summed E-state index contributed by atoms with van der Waals surface area (Å²) >= 11 is 2.23. The molecule has 1 aromatic heterocycles. The van der Waals surface area contributed by atoms with Gasteiger partial charge in [-0.2, -0.15) is 0 Å². The van der Waals surface area contributed by atoms with Crippen LogP contribution in [0.15, 0.2) is 66.9 Å². The average Bonchev–Trinajstić information content (AvgIpc) is 2.93. The molecule has 1 aliphatic heterocycles. The molecule has 0 bridgehead atoms. The standard InChI is InChI=1S/C30H34IN5O5/c1-30(2,3)41-29(39)36-15-12-20(13-16-36)27(37)35-26-18-24(11-14-32-26)40-23-9-10-25(21(17-23)19-31)34-28(38)33-22-7-5-4-6-8-22/h4-11,14,17-18,20H,12-13,15-16,19H2,1-3H3,(H,32,35,37)(H2,33,34,38). The third kappa shape index (κ3) is 9.07. The van der Waals surface area contributed by atoms with Crippen LogP contribution in [0.5, 0.6) is 11.5 Å². The Balaban J connectivity index is 1.32. The van der Waals surface area contributed by atoms with Crippen molar-refractivity contribution in [2.75, 3.05) is 29.0 Å². The van der Waals surface area contributed by atoms with Gasteiger partial charge in [0.15, 0.2) is 0 Å². The summed E-state index contributed by atoms with van der Waals surface area (Å²) in [6, 6.07) is 17.7. The first-order valence-corrected chi connectivity index (χ1v) is 14.9. The SMILES string of the molecule is CC(C)(C)OC(=O)N1CCC(C(=O)Nc2cc(Oc3ccc(NC(=O)Nc4ccccc4)c(CI)c3)ccn2)CC1. The van der Waals surface area contributed by atoms with Crippen LogP contribution in [0.4, 0.5) is 26.8 Å². The minimum atomic E-state index is -0.556. The fourth-order valence-electron chi connectivity index (χ4n) is 4.23. The average molecular weight is 672 g/mol. The Kier molecular flexibility index (Phi) is 10.0. The highest BCUT2D eigenvalue weighted by Gasteiger charge is 2.30. The summed E-state index contributed by atoms with van der Waals surface area (Å²) in [5.74, 6) is 1.10. The first kappa shape index (κ1) is 30.1. The number of hydrogen-bond donors (Lipinski definition) is 3. The number of carbonyl (C=O) groups is 3. The van der Waals surface area contributed by atoms with E-state index in [0.29, 0.717) is 59.1 Å². The lowest BCUT2D eigenvalue weighted by Gasteiger charge is -2.32. The number of carbonyl (C=O) groups excluding carboxylic acids is 3. The highest BCUT2D eigenvalue weighted by molar-refractivity contribution is 14.1. The number of amides is 4. The van der Waals surface area contributed by atoms with E-state index in [-0.39, 0.29) is 23.9 Å². The molecule has 0 atom stereocenters. The number of aromatic nitrogens is 1. The van der Waals surface area contributed by atoms with Crippen LogP contribution in [0.2, 0.25) is 0 Å². The van der Waals surface area contributed by atoms with E-state index in [4.69, 9.17) is 9.47 Å². The highest BCUT2D eigenvalue weighted by atomic mass is 127. The second-order valence-electron chi connectivity index (χ2n) is 10.6. The van der Waals surface area contributed by atoms with E-state index in [0.717, 1.165) is 5.56 Å². The van der Waals surface area contributed by atoms with Crippen LogP contribution in [-0.2, 0) is 14.0 Å². The first-order valence-electron chi connectivity index (χ1n) is 13.3. The number of urea groups is 1.